The molecule has 3 aromatic carbocycles. The first-order chi connectivity index (χ1) is 25.2. The highest BCUT2D eigenvalue weighted by Crippen LogP contribution is 2.60. The van der Waals surface area contributed by atoms with Gasteiger partial charge in [-0.15, -0.1) is 13.2 Å². The van der Waals surface area contributed by atoms with E-state index in [0.717, 1.165) is 11.1 Å². The highest BCUT2D eigenvalue weighted by Gasteiger charge is 2.75. The smallest absolute Gasteiger partial charge is 0.306 e. The summed E-state index contributed by atoms with van der Waals surface area (Å²) < 4.78 is 12.3. The molecule has 0 unspecified atom stereocenters. The van der Waals surface area contributed by atoms with Gasteiger partial charge in [0.05, 0.1) is 47.3 Å². The van der Waals surface area contributed by atoms with Gasteiger partial charge in [0.25, 0.3) is 5.91 Å². The van der Waals surface area contributed by atoms with E-state index in [4.69, 9.17) is 21.1 Å². The van der Waals surface area contributed by atoms with Gasteiger partial charge < -0.3 is 29.7 Å². The zero-order valence-electron chi connectivity index (χ0n) is 29.2. The number of amides is 3. The summed E-state index contributed by atoms with van der Waals surface area (Å²) in [5, 5.41) is 14.3. The van der Waals surface area contributed by atoms with E-state index in [1.165, 1.54) is 9.80 Å². The van der Waals surface area contributed by atoms with Gasteiger partial charge in [-0.3, -0.25) is 19.2 Å². The summed E-state index contributed by atoms with van der Waals surface area (Å²) in [7, 11) is 0. The van der Waals surface area contributed by atoms with Crippen LogP contribution in [-0.2, 0) is 28.7 Å². The monoisotopic (exact) mass is 725 g/mol. The van der Waals surface area contributed by atoms with Crippen LogP contribution in [0.4, 0.5) is 5.69 Å². The third-order valence-electron chi connectivity index (χ3n) is 10.5. The molecule has 3 aliphatic rings. The Morgan fingerprint density at radius 3 is 2.38 bits per heavy atom. The minimum Gasteiger partial charge on any atom is -0.463 e. The van der Waals surface area contributed by atoms with Crippen molar-refractivity contribution in [2.24, 2.45) is 11.8 Å². The summed E-state index contributed by atoms with van der Waals surface area (Å²) in [5.74, 6) is -3.74. The molecule has 2 bridgehead atoms. The summed E-state index contributed by atoms with van der Waals surface area (Å²) in [6.45, 7) is 8.90. The lowest BCUT2D eigenvalue weighted by atomic mass is 9.70. The largest absolute Gasteiger partial charge is 0.463 e. The number of aliphatic hydroxyl groups excluding tert-OH is 1. The lowest BCUT2D eigenvalue weighted by molar-refractivity contribution is -0.146. The highest BCUT2D eigenvalue weighted by atomic mass is 35.5. The van der Waals surface area contributed by atoms with Crippen molar-refractivity contribution in [3.05, 3.63) is 126 Å². The van der Waals surface area contributed by atoms with Crippen molar-refractivity contribution in [1.82, 2.24) is 10.2 Å². The quantitative estimate of drug-likeness (QED) is 0.153. The Hall–Kier alpha value is -4.77. The van der Waals surface area contributed by atoms with Crippen LogP contribution in [-0.4, -0.2) is 71.2 Å². The number of esters is 1. The van der Waals surface area contributed by atoms with Crippen molar-refractivity contribution < 1.29 is 33.8 Å². The van der Waals surface area contributed by atoms with Gasteiger partial charge >= 0.3 is 5.97 Å². The Morgan fingerprint density at radius 1 is 1.06 bits per heavy atom. The van der Waals surface area contributed by atoms with Gasteiger partial charge in [-0.1, -0.05) is 96.5 Å². The summed E-state index contributed by atoms with van der Waals surface area (Å²) in [6.07, 6.45) is 3.99. The fraction of sp³-hybridized carbons (Fsp3) is 0.366. The number of hydrogen-bond acceptors (Lipinski definition) is 7. The molecule has 1 spiro atoms. The molecule has 272 valence electrons. The highest BCUT2D eigenvalue weighted by molar-refractivity contribution is 6.34. The molecule has 3 amide bonds. The number of rotatable bonds is 15. The zero-order valence-corrected chi connectivity index (χ0v) is 29.9. The first kappa shape index (κ1) is 37.0. The van der Waals surface area contributed by atoms with Crippen LogP contribution in [0.25, 0.3) is 0 Å². The molecule has 6 rings (SSSR count). The van der Waals surface area contributed by atoms with E-state index in [1.807, 2.05) is 49.4 Å². The van der Waals surface area contributed by atoms with E-state index in [9.17, 15) is 19.5 Å². The summed E-state index contributed by atoms with van der Waals surface area (Å²) >= 11 is 6.71. The number of allylic oxidation sites excluding steroid dienone is 1. The van der Waals surface area contributed by atoms with Gasteiger partial charge in [0, 0.05) is 13.0 Å². The SMILES string of the molecule is C=CCCC(=O)OC[C@@H](NC(=O)[C@@H]1[C@@H]2CC[C@]3(O2)[C@H](C(=O)N(CC=C)c2c(C)cccc2Cl)N([C@H](CO)c2ccccc2)C(=O)[C@@H]13)c1ccccc1. The fourth-order valence-electron chi connectivity index (χ4n) is 8.21. The molecule has 3 saturated heterocycles. The predicted molar refractivity (Wildman–Crippen MR) is 197 cm³/mol. The predicted octanol–water partition coefficient (Wildman–Crippen LogP) is 5.64. The van der Waals surface area contributed by atoms with E-state index >= 15 is 4.79 Å². The second kappa shape index (κ2) is 15.9. The number of aliphatic hydroxyl groups is 1. The van der Waals surface area contributed by atoms with Crippen molar-refractivity contribution in [3.8, 4) is 0 Å². The second-order valence-electron chi connectivity index (χ2n) is 13.5. The number of halogens is 1. The molecule has 52 heavy (non-hydrogen) atoms. The van der Waals surface area contributed by atoms with E-state index in [2.05, 4.69) is 18.5 Å². The molecular formula is C41H44ClN3O7. The number of carbonyl (C=O) groups is 4. The van der Waals surface area contributed by atoms with Crippen molar-refractivity contribution in [2.75, 3.05) is 24.7 Å². The zero-order chi connectivity index (χ0) is 37.0. The number of likely N-dealkylation sites (tertiary alicyclic amines) is 1. The Morgan fingerprint density at radius 2 is 1.75 bits per heavy atom. The maximum Gasteiger partial charge on any atom is 0.306 e. The molecule has 3 aromatic rings. The number of aryl methyl sites for hydroxylation is 1. The number of para-hydroxylation sites is 1. The second-order valence-corrected chi connectivity index (χ2v) is 13.9. The minimum atomic E-state index is -1.36. The van der Waals surface area contributed by atoms with Gasteiger partial charge in [-0.2, -0.15) is 0 Å². The van der Waals surface area contributed by atoms with Crippen LogP contribution >= 0.6 is 11.6 Å². The molecule has 2 N–H and O–H groups in total. The van der Waals surface area contributed by atoms with Crippen LogP contribution in [0.3, 0.4) is 0 Å². The van der Waals surface area contributed by atoms with Crippen LogP contribution in [0.15, 0.2) is 104 Å². The third kappa shape index (κ3) is 6.78. The standard InChI is InChI=1S/C41H44ClN3O7/c1-4-6-20-33(47)51-25-30(27-15-9-7-10-16-27)43-38(48)34-32-21-22-41(52-32)35(34)39(49)45(31(24-46)28-17-11-8-12-18-28)37(41)40(50)44(23-5-2)36-26(3)14-13-19-29(36)42/h4-5,7-19,30-32,34-35,37,46H,1-2,6,20-25H2,3H3,(H,43,48)/t30-,31-,32+,34-,35-,37+,41-/m1/s1. The van der Waals surface area contributed by atoms with Gasteiger partial charge in [0.1, 0.15) is 18.2 Å². The maximum absolute atomic E-state index is 15.1. The third-order valence-corrected chi connectivity index (χ3v) is 10.8. The van der Waals surface area contributed by atoms with Gasteiger partial charge in [-0.05, 0) is 48.9 Å². The molecular weight excluding hydrogens is 682 g/mol. The topological polar surface area (TPSA) is 125 Å². The summed E-state index contributed by atoms with van der Waals surface area (Å²) in [6, 6.07) is 20.7. The van der Waals surface area contributed by atoms with Gasteiger partial charge in [-0.25, -0.2) is 0 Å². The van der Waals surface area contributed by atoms with Crippen LogP contribution in [0.2, 0.25) is 5.02 Å². The van der Waals surface area contributed by atoms with Crippen LogP contribution < -0.4 is 10.2 Å². The number of hydrogen-bond donors (Lipinski definition) is 2. The number of nitrogens with zero attached hydrogens (tertiary/aromatic N) is 2. The van der Waals surface area contributed by atoms with Crippen molar-refractivity contribution in [1.29, 1.82) is 0 Å². The average Bonchev–Trinajstić information content (AvgIpc) is 3.80. The number of anilines is 1. The molecule has 0 radical (unpaired) electrons. The molecule has 0 aromatic heterocycles. The molecule has 0 saturated carbocycles. The normalized spacial score (nSPS) is 24.1. The van der Waals surface area contributed by atoms with Crippen LogP contribution in [0, 0.1) is 18.8 Å². The fourth-order valence-corrected chi connectivity index (χ4v) is 8.54. The Kier molecular flexibility index (Phi) is 11.3. The van der Waals surface area contributed by atoms with Crippen molar-refractivity contribution in [2.45, 2.75) is 62.4 Å². The summed E-state index contributed by atoms with van der Waals surface area (Å²) in [5.41, 5.74) is 1.22. The number of carbonyl (C=O) groups excluding carboxylic acids is 4. The average molecular weight is 726 g/mol. The summed E-state index contributed by atoms with van der Waals surface area (Å²) in [4.78, 5) is 60.0. The Labute approximate surface area is 309 Å². The molecule has 7 atom stereocenters. The van der Waals surface area contributed by atoms with E-state index in [0.29, 0.717) is 35.5 Å². The number of ether oxygens (including phenoxy) is 2. The first-order valence-electron chi connectivity index (χ1n) is 17.6. The molecule has 10 nitrogen and oxygen atoms in total. The molecule has 11 heteroatoms. The Balaban J connectivity index is 1.39. The molecule has 3 heterocycles. The van der Waals surface area contributed by atoms with Crippen LogP contribution in [0.1, 0.15) is 54.5 Å². The first-order valence-corrected chi connectivity index (χ1v) is 18.0. The number of fused-ring (bicyclic) bond motifs is 1. The molecule has 0 aliphatic carbocycles. The maximum atomic E-state index is 15.1. The van der Waals surface area contributed by atoms with E-state index in [1.54, 1.807) is 48.6 Å². The lowest BCUT2D eigenvalue weighted by Crippen LogP contribution is -2.57. The van der Waals surface area contributed by atoms with E-state index in [-0.39, 0.29) is 19.6 Å². The van der Waals surface area contributed by atoms with E-state index < -0.39 is 72.0 Å². The van der Waals surface area contributed by atoms with Gasteiger partial charge in [0.15, 0.2) is 0 Å². The molecule has 3 aliphatic heterocycles. The lowest BCUT2D eigenvalue weighted by Gasteiger charge is -2.39. The number of nitrogens with one attached hydrogen (secondary N) is 1. The Bertz CT molecular complexity index is 1800. The van der Waals surface area contributed by atoms with Gasteiger partial charge in [0.2, 0.25) is 11.8 Å². The van der Waals surface area contributed by atoms with Crippen molar-refractivity contribution >= 4 is 41.0 Å². The van der Waals surface area contributed by atoms with Crippen LogP contribution in [0.5, 0.6) is 0 Å². The molecule has 3 fully saturated rings. The van der Waals surface area contributed by atoms with Crippen molar-refractivity contribution in [3.63, 3.8) is 0 Å². The minimum absolute atomic E-state index is 0.0927. The number of benzene rings is 3.